The number of rotatable bonds is 4. The number of ether oxygens (including phenoxy) is 1. The van der Waals surface area contributed by atoms with Crippen molar-refractivity contribution in [3.63, 3.8) is 0 Å². The van der Waals surface area contributed by atoms with E-state index < -0.39 is 5.97 Å². The smallest absolute Gasteiger partial charge is 0.338 e. The van der Waals surface area contributed by atoms with Crippen LogP contribution in [0.25, 0.3) is 0 Å². The summed E-state index contributed by atoms with van der Waals surface area (Å²) in [5.74, 6) is -0.808. The van der Waals surface area contributed by atoms with E-state index in [0.29, 0.717) is 5.56 Å². The van der Waals surface area contributed by atoms with E-state index in [0.717, 1.165) is 26.9 Å². The van der Waals surface area contributed by atoms with Crippen LogP contribution < -0.4 is 9.80 Å². The van der Waals surface area contributed by atoms with Crippen molar-refractivity contribution >= 4 is 40.7 Å². The van der Waals surface area contributed by atoms with Crippen LogP contribution in [0.15, 0.2) is 82.6 Å². The van der Waals surface area contributed by atoms with Crippen LogP contribution in [-0.2, 0) is 9.53 Å². The van der Waals surface area contributed by atoms with Gasteiger partial charge in [-0.15, -0.1) is 0 Å². The Hall–Kier alpha value is -3.25. The Bertz CT molecular complexity index is 1040. The normalized spacial score (nSPS) is 12.0. The van der Waals surface area contributed by atoms with Crippen LogP contribution in [0, 0.1) is 0 Å². The van der Waals surface area contributed by atoms with Crippen LogP contribution >= 0.6 is 11.8 Å². The number of hydrogen-bond acceptors (Lipinski definition) is 5. The summed E-state index contributed by atoms with van der Waals surface area (Å²) < 4.78 is 5.35. The Morgan fingerprint density at radius 2 is 1.52 bits per heavy atom. The third kappa shape index (κ3) is 3.84. The molecule has 0 aromatic heterocycles. The van der Waals surface area contributed by atoms with Crippen molar-refractivity contribution in [2.45, 2.75) is 9.79 Å². The van der Waals surface area contributed by atoms with E-state index in [4.69, 9.17) is 4.74 Å². The van der Waals surface area contributed by atoms with Crippen molar-refractivity contribution in [2.75, 3.05) is 30.5 Å². The molecule has 0 atom stereocenters. The zero-order chi connectivity index (χ0) is 20.4. The van der Waals surface area contributed by atoms with Gasteiger partial charge in [0.1, 0.15) is 0 Å². The average molecular weight is 404 g/mol. The largest absolute Gasteiger partial charge is 0.452 e. The quantitative estimate of drug-likeness (QED) is 0.588. The summed E-state index contributed by atoms with van der Waals surface area (Å²) in [4.78, 5) is 31.1. The number of anilines is 3. The summed E-state index contributed by atoms with van der Waals surface area (Å²) in [6, 6.07) is 22.6. The van der Waals surface area contributed by atoms with Gasteiger partial charge < -0.3 is 9.64 Å². The molecule has 0 saturated heterocycles. The highest BCUT2D eigenvalue weighted by atomic mass is 32.2. The Morgan fingerprint density at radius 1 is 0.897 bits per heavy atom. The van der Waals surface area contributed by atoms with Crippen LogP contribution in [-0.4, -0.2) is 32.6 Å². The van der Waals surface area contributed by atoms with Gasteiger partial charge in [-0.1, -0.05) is 42.1 Å². The van der Waals surface area contributed by atoms with E-state index >= 15 is 0 Å². The fourth-order valence-electron chi connectivity index (χ4n) is 3.16. The minimum absolute atomic E-state index is 0.290. The maximum Gasteiger partial charge on any atom is 0.338 e. The number of benzene rings is 3. The summed E-state index contributed by atoms with van der Waals surface area (Å²) in [7, 11) is 3.80. The van der Waals surface area contributed by atoms with E-state index in [1.165, 1.54) is 0 Å². The SMILES string of the molecule is CN(C)c1cccc(C(=O)OCC(=O)N2c3ccccc3Sc3ccccc32)c1. The molecule has 5 nitrogen and oxygen atoms in total. The molecule has 1 aliphatic heterocycles. The van der Waals surface area contributed by atoms with Crippen molar-refractivity contribution in [2.24, 2.45) is 0 Å². The summed E-state index contributed by atoms with van der Waals surface area (Å²) >= 11 is 1.62. The summed E-state index contributed by atoms with van der Waals surface area (Å²) in [5.41, 5.74) is 2.90. The molecular formula is C23H20N2O3S. The molecule has 6 heteroatoms. The molecule has 0 saturated carbocycles. The van der Waals surface area contributed by atoms with Gasteiger partial charge in [0.2, 0.25) is 0 Å². The Kier molecular flexibility index (Phi) is 5.27. The Balaban J connectivity index is 1.55. The number of para-hydroxylation sites is 2. The number of hydrogen-bond donors (Lipinski definition) is 0. The van der Waals surface area contributed by atoms with E-state index in [-0.39, 0.29) is 12.5 Å². The highest BCUT2D eigenvalue weighted by Crippen LogP contribution is 2.47. The number of carbonyl (C=O) groups is 2. The third-order valence-electron chi connectivity index (χ3n) is 4.61. The van der Waals surface area contributed by atoms with Gasteiger partial charge in [0, 0.05) is 29.6 Å². The minimum Gasteiger partial charge on any atom is -0.452 e. The highest BCUT2D eigenvalue weighted by molar-refractivity contribution is 7.99. The van der Waals surface area contributed by atoms with E-state index in [1.807, 2.05) is 73.6 Å². The molecule has 146 valence electrons. The van der Waals surface area contributed by atoms with Crippen LogP contribution in [0.2, 0.25) is 0 Å². The van der Waals surface area contributed by atoms with E-state index in [2.05, 4.69) is 0 Å². The molecule has 0 aliphatic carbocycles. The van der Waals surface area contributed by atoms with Gasteiger partial charge in [0.25, 0.3) is 5.91 Å². The molecule has 1 heterocycles. The second-order valence-corrected chi connectivity index (χ2v) is 7.87. The predicted octanol–water partition coefficient (Wildman–Crippen LogP) is 4.74. The van der Waals surface area contributed by atoms with Crippen molar-refractivity contribution in [3.05, 3.63) is 78.4 Å². The summed E-state index contributed by atoms with van der Waals surface area (Å²) in [5, 5.41) is 0. The monoisotopic (exact) mass is 404 g/mol. The van der Waals surface area contributed by atoms with E-state index in [9.17, 15) is 9.59 Å². The fourth-order valence-corrected chi connectivity index (χ4v) is 4.22. The topological polar surface area (TPSA) is 49.9 Å². The van der Waals surface area contributed by atoms with Gasteiger partial charge >= 0.3 is 5.97 Å². The lowest BCUT2D eigenvalue weighted by Crippen LogP contribution is -2.32. The first-order valence-electron chi connectivity index (χ1n) is 9.18. The molecule has 3 aromatic rings. The maximum absolute atomic E-state index is 13.1. The number of esters is 1. The van der Waals surface area contributed by atoms with Crippen molar-refractivity contribution < 1.29 is 14.3 Å². The molecular weight excluding hydrogens is 384 g/mol. The van der Waals surface area contributed by atoms with Crippen LogP contribution in [0.1, 0.15) is 10.4 Å². The fraction of sp³-hybridized carbons (Fsp3) is 0.130. The third-order valence-corrected chi connectivity index (χ3v) is 5.74. The van der Waals surface area contributed by atoms with Gasteiger partial charge in [-0.25, -0.2) is 4.79 Å². The van der Waals surface area contributed by atoms with Crippen molar-refractivity contribution in [3.8, 4) is 0 Å². The minimum atomic E-state index is -0.519. The summed E-state index contributed by atoms with van der Waals surface area (Å²) in [6.45, 7) is -0.335. The zero-order valence-corrected chi connectivity index (χ0v) is 17.0. The molecule has 0 fully saturated rings. The molecule has 0 bridgehead atoms. The highest BCUT2D eigenvalue weighted by Gasteiger charge is 2.28. The van der Waals surface area contributed by atoms with Gasteiger partial charge in [-0.2, -0.15) is 0 Å². The lowest BCUT2D eigenvalue weighted by Gasteiger charge is -2.30. The molecule has 29 heavy (non-hydrogen) atoms. The molecule has 0 radical (unpaired) electrons. The summed E-state index contributed by atoms with van der Waals surface area (Å²) in [6.07, 6.45) is 0. The maximum atomic E-state index is 13.1. The number of nitrogens with zero attached hydrogens (tertiary/aromatic N) is 2. The molecule has 0 spiro atoms. The second kappa shape index (κ2) is 8.01. The van der Waals surface area contributed by atoms with Gasteiger partial charge in [0.05, 0.1) is 16.9 Å². The van der Waals surface area contributed by atoms with Crippen LogP contribution in [0.3, 0.4) is 0 Å². The molecule has 3 aromatic carbocycles. The molecule has 4 rings (SSSR count). The van der Waals surface area contributed by atoms with Crippen LogP contribution in [0.5, 0.6) is 0 Å². The van der Waals surface area contributed by atoms with Crippen molar-refractivity contribution in [1.29, 1.82) is 0 Å². The standard InChI is InChI=1S/C23H20N2O3S/c1-24(2)17-9-7-8-16(14-17)23(27)28-15-22(26)25-18-10-3-5-12-20(18)29-21-13-6-4-11-19(21)25/h3-14H,15H2,1-2H3. The van der Waals surface area contributed by atoms with Gasteiger partial charge in [-0.05, 0) is 42.5 Å². The van der Waals surface area contributed by atoms with Crippen molar-refractivity contribution in [1.82, 2.24) is 0 Å². The zero-order valence-electron chi connectivity index (χ0n) is 16.2. The molecule has 1 aliphatic rings. The number of fused-ring (bicyclic) bond motifs is 2. The Morgan fingerprint density at radius 3 is 2.14 bits per heavy atom. The lowest BCUT2D eigenvalue weighted by molar-refractivity contribution is -0.121. The van der Waals surface area contributed by atoms with Gasteiger partial charge in [0.15, 0.2) is 6.61 Å². The second-order valence-electron chi connectivity index (χ2n) is 6.79. The Labute approximate surface area is 173 Å². The molecule has 0 unspecified atom stereocenters. The number of carbonyl (C=O) groups excluding carboxylic acids is 2. The van der Waals surface area contributed by atoms with Gasteiger partial charge in [-0.3, -0.25) is 9.69 Å². The van der Waals surface area contributed by atoms with E-state index in [1.54, 1.807) is 34.9 Å². The first-order valence-corrected chi connectivity index (χ1v) is 9.99. The first kappa shape index (κ1) is 19.1. The predicted molar refractivity (Wildman–Crippen MR) is 115 cm³/mol. The molecule has 1 amide bonds. The molecule has 0 N–H and O–H groups in total. The first-order chi connectivity index (χ1) is 14.0. The lowest BCUT2D eigenvalue weighted by atomic mass is 10.2. The van der Waals surface area contributed by atoms with Crippen LogP contribution in [0.4, 0.5) is 17.1 Å². The average Bonchev–Trinajstić information content (AvgIpc) is 2.75. The number of amides is 1.